The van der Waals surface area contributed by atoms with E-state index in [2.05, 4.69) is 4.84 Å². The number of hydrogen-bond acceptors (Lipinski definition) is 3. The molecule has 0 radical (unpaired) electrons. The molecule has 0 aliphatic rings. The summed E-state index contributed by atoms with van der Waals surface area (Å²) in [6, 6.07) is 0. The highest BCUT2D eigenvalue weighted by molar-refractivity contribution is 4.14. The third-order valence-corrected chi connectivity index (χ3v) is 0.401. The van der Waals surface area contributed by atoms with Gasteiger partial charge in [-0.15, -0.1) is 10.1 Å². The minimum atomic E-state index is -0.788. The van der Waals surface area contributed by atoms with Gasteiger partial charge in [-0.25, -0.2) is 0 Å². The van der Waals surface area contributed by atoms with Gasteiger partial charge in [0.15, 0.2) is 0 Å². The van der Waals surface area contributed by atoms with Crippen molar-refractivity contribution in [2.45, 2.75) is 27.2 Å². The number of hydrogen-bond donors (Lipinski definition) is 0. The van der Waals surface area contributed by atoms with Gasteiger partial charge in [-0.3, -0.25) is 0 Å². The summed E-state index contributed by atoms with van der Waals surface area (Å²) < 4.78 is 0. The second-order valence-corrected chi connectivity index (χ2v) is 1.06. The highest BCUT2D eigenvalue weighted by atomic mass is 16.9. The maximum Gasteiger partial charge on any atom is 0.294 e. The molecule has 56 valence electrons. The van der Waals surface area contributed by atoms with E-state index in [1.807, 2.05) is 20.8 Å². The minimum Gasteiger partial charge on any atom is -0.314 e. The fraction of sp³-hybridized carbons (Fsp3) is 1.00. The molecule has 0 fully saturated rings. The summed E-state index contributed by atoms with van der Waals surface area (Å²) >= 11 is 0. The van der Waals surface area contributed by atoms with Crippen LogP contribution in [-0.4, -0.2) is 11.7 Å². The topological polar surface area (TPSA) is 52.4 Å². The van der Waals surface area contributed by atoms with E-state index in [9.17, 15) is 10.1 Å². The van der Waals surface area contributed by atoms with Crippen molar-refractivity contribution in [1.82, 2.24) is 0 Å². The molecule has 0 saturated heterocycles. The Balaban J connectivity index is 0. The van der Waals surface area contributed by atoms with Crippen LogP contribution >= 0.6 is 0 Å². The van der Waals surface area contributed by atoms with Crippen LogP contribution in [0.2, 0.25) is 0 Å². The van der Waals surface area contributed by atoms with Gasteiger partial charge < -0.3 is 4.84 Å². The van der Waals surface area contributed by atoms with E-state index in [4.69, 9.17) is 0 Å². The SMILES string of the molecule is CC.CCCO[N+](=O)[O-]. The molecule has 0 heterocycles. The van der Waals surface area contributed by atoms with E-state index in [1.165, 1.54) is 0 Å². The Morgan fingerprint density at radius 3 is 2.11 bits per heavy atom. The third kappa shape index (κ3) is 19.0. The molecule has 0 rings (SSSR count). The van der Waals surface area contributed by atoms with Gasteiger partial charge in [-0.1, -0.05) is 20.8 Å². The Hall–Kier alpha value is -0.800. The molecule has 0 aromatic heterocycles. The van der Waals surface area contributed by atoms with Gasteiger partial charge in [0.1, 0.15) is 0 Å². The second-order valence-electron chi connectivity index (χ2n) is 1.06. The average molecular weight is 135 g/mol. The summed E-state index contributed by atoms with van der Waals surface area (Å²) in [7, 11) is 0. The van der Waals surface area contributed by atoms with Gasteiger partial charge in [0.2, 0.25) is 0 Å². The lowest BCUT2D eigenvalue weighted by atomic mass is 10.5. The van der Waals surface area contributed by atoms with E-state index in [-0.39, 0.29) is 6.61 Å². The molecule has 0 aromatic rings. The lowest BCUT2D eigenvalue weighted by Crippen LogP contribution is -1.99. The standard InChI is InChI=1S/C3H7NO3.C2H6/c1-2-3-7-4(5)6;1-2/h2-3H2,1H3;1-2H3. The van der Waals surface area contributed by atoms with Gasteiger partial charge >= 0.3 is 0 Å². The molecule has 9 heavy (non-hydrogen) atoms. The summed E-state index contributed by atoms with van der Waals surface area (Å²) in [6.07, 6.45) is 0.682. The first kappa shape index (κ1) is 11.1. The van der Waals surface area contributed by atoms with Crippen molar-refractivity contribution in [3.63, 3.8) is 0 Å². The molecule has 0 amide bonds. The molecule has 4 heteroatoms. The van der Waals surface area contributed by atoms with Crippen LogP contribution in [0.5, 0.6) is 0 Å². The van der Waals surface area contributed by atoms with Crippen LogP contribution in [0, 0.1) is 10.1 Å². The fourth-order valence-electron chi connectivity index (χ4n) is 0.166. The summed E-state index contributed by atoms with van der Waals surface area (Å²) in [5, 5.41) is 8.55. The fourth-order valence-corrected chi connectivity index (χ4v) is 0.166. The molecule has 4 nitrogen and oxygen atoms in total. The van der Waals surface area contributed by atoms with Crippen LogP contribution in [-0.2, 0) is 4.84 Å². The van der Waals surface area contributed by atoms with E-state index < -0.39 is 5.09 Å². The molecule has 0 aliphatic heterocycles. The van der Waals surface area contributed by atoms with Crippen molar-refractivity contribution in [1.29, 1.82) is 0 Å². The Kier molecular flexibility index (Phi) is 12.6. The molecule has 0 saturated carbocycles. The zero-order valence-corrected chi connectivity index (χ0v) is 6.09. The highest BCUT2D eigenvalue weighted by Gasteiger charge is 1.87. The van der Waals surface area contributed by atoms with Crippen molar-refractivity contribution in [3.05, 3.63) is 10.1 Å². The maximum atomic E-state index is 9.34. The van der Waals surface area contributed by atoms with E-state index >= 15 is 0 Å². The minimum absolute atomic E-state index is 0.201. The molecular weight excluding hydrogens is 122 g/mol. The van der Waals surface area contributed by atoms with Gasteiger partial charge in [0.05, 0.1) is 6.61 Å². The third-order valence-electron chi connectivity index (χ3n) is 0.401. The molecule has 0 spiro atoms. The summed E-state index contributed by atoms with van der Waals surface area (Å²) in [5.74, 6) is 0. The zero-order valence-electron chi connectivity index (χ0n) is 6.09. The van der Waals surface area contributed by atoms with E-state index in [0.29, 0.717) is 6.42 Å². The van der Waals surface area contributed by atoms with Gasteiger partial charge in [-0.05, 0) is 6.42 Å². The first-order valence-electron chi connectivity index (χ1n) is 3.04. The number of rotatable bonds is 3. The van der Waals surface area contributed by atoms with Crippen LogP contribution in [0.3, 0.4) is 0 Å². The van der Waals surface area contributed by atoms with E-state index in [1.54, 1.807) is 0 Å². The Labute approximate surface area is 54.9 Å². The van der Waals surface area contributed by atoms with Crippen molar-refractivity contribution in [3.8, 4) is 0 Å². The van der Waals surface area contributed by atoms with Crippen LogP contribution in [0.15, 0.2) is 0 Å². The lowest BCUT2D eigenvalue weighted by Gasteiger charge is -1.88. The quantitative estimate of drug-likeness (QED) is 0.436. The van der Waals surface area contributed by atoms with Crippen LogP contribution in [0.4, 0.5) is 0 Å². The van der Waals surface area contributed by atoms with Crippen molar-refractivity contribution < 1.29 is 9.92 Å². The smallest absolute Gasteiger partial charge is 0.294 e. The Bertz CT molecular complexity index is 65.2. The molecule has 0 atom stereocenters. The average Bonchev–Trinajstić information content (AvgIpc) is 1.88. The van der Waals surface area contributed by atoms with Crippen LogP contribution < -0.4 is 0 Å². The van der Waals surface area contributed by atoms with Gasteiger partial charge in [0.25, 0.3) is 5.09 Å². The molecule has 0 unspecified atom stereocenters. The van der Waals surface area contributed by atoms with E-state index in [0.717, 1.165) is 0 Å². The maximum absolute atomic E-state index is 9.34. The zero-order chi connectivity index (χ0) is 7.70. The molecule has 0 bridgehead atoms. The molecular formula is C5H13NO3. The monoisotopic (exact) mass is 135 g/mol. The lowest BCUT2D eigenvalue weighted by molar-refractivity contribution is -0.757. The summed E-state index contributed by atoms with van der Waals surface area (Å²) in [5.41, 5.74) is 0. The van der Waals surface area contributed by atoms with Crippen molar-refractivity contribution in [2.75, 3.05) is 6.61 Å². The van der Waals surface area contributed by atoms with Crippen molar-refractivity contribution in [2.24, 2.45) is 0 Å². The normalized spacial score (nSPS) is 7.00. The first-order chi connectivity index (χ1) is 4.27. The molecule has 0 aliphatic carbocycles. The Morgan fingerprint density at radius 1 is 1.56 bits per heavy atom. The number of nitrogens with zero attached hydrogens (tertiary/aromatic N) is 1. The second kappa shape index (κ2) is 10.2. The molecule has 0 N–H and O–H groups in total. The first-order valence-corrected chi connectivity index (χ1v) is 3.04. The highest BCUT2D eigenvalue weighted by Crippen LogP contribution is 1.77. The van der Waals surface area contributed by atoms with Crippen LogP contribution in [0.1, 0.15) is 27.2 Å². The van der Waals surface area contributed by atoms with Gasteiger partial charge in [0, 0.05) is 0 Å². The van der Waals surface area contributed by atoms with Gasteiger partial charge in [-0.2, -0.15) is 0 Å². The predicted octanol–water partition coefficient (Wildman–Crippen LogP) is 1.63. The predicted molar refractivity (Wildman–Crippen MR) is 34.6 cm³/mol. The molecule has 0 aromatic carbocycles. The summed E-state index contributed by atoms with van der Waals surface area (Å²) in [6.45, 7) is 6.01. The summed E-state index contributed by atoms with van der Waals surface area (Å²) in [4.78, 5) is 13.3. The van der Waals surface area contributed by atoms with Crippen LogP contribution in [0.25, 0.3) is 0 Å². The largest absolute Gasteiger partial charge is 0.314 e. The Morgan fingerprint density at radius 2 is 2.00 bits per heavy atom. The van der Waals surface area contributed by atoms with Crippen molar-refractivity contribution >= 4 is 0 Å².